The fourth-order valence-electron chi connectivity index (χ4n) is 1.90. The SMILES string of the molecule is O=C(O)[C@H](c1ccc(F)cc1)[C@H](O)C#Cc1ccc(Cl)cc1. The molecular weight excluding hydrogens is 307 g/mol. The number of hydrogen-bond acceptors (Lipinski definition) is 2. The van der Waals surface area contributed by atoms with Crippen molar-refractivity contribution in [2.45, 2.75) is 12.0 Å². The number of benzene rings is 2. The molecule has 2 aromatic carbocycles. The molecule has 0 aliphatic carbocycles. The molecule has 2 aromatic rings. The second kappa shape index (κ2) is 7.08. The van der Waals surface area contributed by atoms with E-state index >= 15 is 0 Å². The van der Waals surface area contributed by atoms with Gasteiger partial charge in [0.2, 0.25) is 0 Å². The smallest absolute Gasteiger partial charge is 0.314 e. The van der Waals surface area contributed by atoms with E-state index in [0.717, 1.165) is 12.1 Å². The van der Waals surface area contributed by atoms with Gasteiger partial charge in [-0.3, -0.25) is 4.79 Å². The molecule has 0 spiro atoms. The Bertz CT molecular complexity index is 714. The number of carbonyl (C=O) groups is 1. The molecule has 0 bridgehead atoms. The lowest BCUT2D eigenvalue weighted by Gasteiger charge is -2.14. The zero-order chi connectivity index (χ0) is 16.1. The summed E-state index contributed by atoms with van der Waals surface area (Å²) < 4.78 is 12.9. The van der Waals surface area contributed by atoms with Gasteiger partial charge in [-0.15, -0.1) is 0 Å². The Morgan fingerprint density at radius 2 is 1.68 bits per heavy atom. The summed E-state index contributed by atoms with van der Waals surface area (Å²) >= 11 is 5.75. The molecule has 112 valence electrons. The minimum Gasteiger partial charge on any atom is -0.481 e. The highest BCUT2D eigenvalue weighted by atomic mass is 35.5. The zero-order valence-corrected chi connectivity index (χ0v) is 12.1. The maximum atomic E-state index is 12.9. The summed E-state index contributed by atoms with van der Waals surface area (Å²) in [5.74, 6) is 2.23. The standard InChI is InChI=1S/C17H12ClFO3/c18-13-6-1-11(2-7-13)3-10-15(20)16(17(21)22)12-4-8-14(19)9-5-12/h1-2,4-9,15-16,20H,(H,21,22)/t15-,16-/m1/s1. The predicted molar refractivity (Wildman–Crippen MR) is 81.1 cm³/mol. The van der Waals surface area contributed by atoms with Crippen LogP contribution in [0.2, 0.25) is 5.02 Å². The van der Waals surface area contributed by atoms with E-state index in [-0.39, 0.29) is 5.56 Å². The Morgan fingerprint density at radius 3 is 2.23 bits per heavy atom. The first-order chi connectivity index (χ1) is 10.5. The van der Waals surface area contributed by atoms with E-state index < -0.39 is 23.8 Å². The summed E-state index contributed by atoms with van der Waals surface area (Å²) in [6, 6.07) is 11.5. The Morgan fingerprint density at radius 1 is 1.09 bits per heavy atom. The zero-order valence-electron chi connectivity index (χ0n) is 11.3. The highest BCUT2D eigenvalue weighted by Crippen LogP contribution is 2.20. The van der Waals surface area contributed by atoms with E-state index in [4.69, 9.17) is 11.6 Å². The molecule has 22 heavy (non-hydrogen) atoms. The Balaban J connectivity index is 2.24. The third-order valence-electron chi connectivity index (χ3n) is 3.02. The number of rotatable bonds is 3. The van der Waals surface area contributed by atoms with Crippen LogP contribution < -0.4 is 0 Å². The van der Waals surface area contributed by atoms with Crippen LogP contribution in [-0.2, 0) is 4.79 Å². The Kier molecular flexibility index (Phi) is 5.16. The van der Waals surface area contributed by atoms with Gasteiger partial charge in [-0.25, -0.2) is 4.39 Å². The first kappa shape index (κ1) is 16.0. The van der Waals surface area contributed by atoms with E-state index in [0.29, 0.717) is 10.6 Å². The molecule has 2 N–H and O–H groups in total. The fourth-order valence-corrected chi connectivity index (χ4v) is 2.03. The summed E-state index contributed by atoms with van der Waals surface area (Å²) in [5, 5.41) is 19.9. The number of aliphatic carboxylic acids is 1. The molecule has 0 amide bonds. The minimum atomic E-state index is -1.42. The van der Waals surface area contributed by atoms with Crippen LogP contribution in [0.1, 0.15) is 17.0 Å². The molecular formula is C17H12ClFO3. The summed E-state index contributed by atoms with van der Waals surface area (Å²) in [7, 11) is 0. The van der Waals surface area contributed by atoms with Gasteiger partial charge in [0.05, 0.1) is 0 Å². The van der Waals surface area contributed by atoms with Crippen molar-refractivity contribution in [3.8, 4) is 11.8 Å². The summed E-state index contributed by atoms with van der Waals surface area (Å²) in [5.41, 5.74) is 0.888. The van der Waals surface area contributed by atoms with Gasteiger partial charge >= 0.3 is 5.97 Å². The van der Waals surface area contributed by atoms with Crippen LogP contribution in [0.3, 0.4) is 0 Å². The lowest BCUT2D eigenvalue weighted by Crippen LogP contribution is -2.24. The third kappa shape index (κ3) is 4.08. The maximum Gasteiger partial charge on any atom is 0.314 e. The number of aliphatic hydroxyl groups is 1. The molecule has 0 radical (unpaired) electrons. The second-order valence-corrected chi connectivity index (χ2v) is 5.02. The number of aliphatic hydroxyl groups excluding tert-OH is 1. The average Bonchev–Trinajstić information content (AvgIpc) is 2.48. The largest absolute Gasteiger partial charge is 0.481 e. The molecule has 0 saturated carbocycles. The first-order valence-electron chi connectivity index (χ1n) is 6.41. The molecule has 0 saturated heterocycles. The highest BCUT2D eigenvalue weighted by molar-refractivity contribution is 6.30. The van der Waals surface area contributed by atoms with Crippen molar-refractivity contribution in [3.63, 3.8) is 0 Å². The molecule has 0 aliphatic heterocycles. The van der Waals surface area contributed by atoms with Crippen LogP contribution in [0.25, 0.3) is 0 Å². The molecule has 2 rings (SSSR count). The molecule has 0 aromatic heterocycles. The molecule has 0 aliphatic rings. The minimum absolute atomic E-state index is 0.284. The van der Waals surface area contributed by atoms with Gasteiger partial charge in [-0.05, 0) is 42.0 Å². The van der Waals surface area contributed by atoms with Crippen molar-refractivity contribution in [1.82, 2.24) is 0 Å². The quantitative estimate of drug-likeness (QED) is 0.855. The van der Waals surface area contributed by atoms with Crippen LogP contribution in [0, 0.1) is 17.7 Å². The van der Waals surface area contributed by atoms with Crippen molar-refractivity contribution >= 4 is 17.6 Å². The van der Waals surface area contributed by atoms with Crippen molar-refractivity contribution in [2.24, 2.45) is 0 Å². The van der Waals surface area contributed by atoms with E-state index in [9.17, 15) is 19.4 Å². The highest BCUT2D eigenvalue weighted by Gasteiger charge is 2.27. The summed E-state index contributed by atoms with van der Waals surface area (Å²) in [4.78, 5) is 11.3. The van der Waals surface area contributed by atoms with Crippen molar-refractivity contribution < 1.29 is 19.4 Å². The summed E-state index contributed by atoms with van der Waals surface area (Å²) in [6.07, 6.45) is -1.42. The molecule has 0 unspecified atom stereocenters. The van der Waals surface area contributed by atoms with Gasteiger partial charge in [-0.2, -0.15) is 0 Å². The van der Waals surface area contributed by atoms with Gasteiger partial charge < -0.3 is 10.2 Å². The van der Waals surface area contributed by atoms with Gasteiger partial charge in [-0.1, -0.05) is 35.6 Å². The van der Waals surface area contributed by atoms with E-state index in [1.54, 1.807) is 24.3 Å². The monoisotopic (exact) mass is 318 g/mol. The lowest BCUT2D eigenvalue weighted by molar-refractivity contribution is -0.140. The molecule has 0 fully saturated rings. The third-order valence-corrected chi connectivity index (χ3v) is 3.27. The van der Waals surface area contributed by atoms with Crippen LogP contribution in [0.15, 0.2) is 48.5 Å². The molecule has 2 atom stereocenters. The number of carboxylic acid groups (broad SMARTS) is 1. The summed E-state index contributed by atoms with van der Waals surface area (Å²) in [6.45, 7) is 0. The van der Waals surface area contributed by atoms with E-state index in [1.807, 2.05) is 0 Å². The normalized spacial score (nSPS) is 12.9. The van der Waals surface area contributed by atoms with Crippen molar-refractivity contribution in [1.29, 1.82) is 0 Å². The number of halogens is 2. The van der Waals surface area contributed by atoms with Gasteiger partial charge in [0, 0.05) is 10.6 Å². The van der Waals surface area contributed by atoms with Crippen molar-refractivity contribution in [3.05, 3.63) is 70.5 Å². The molecule has 0 heterocycles. The lowest BCUT2D eigenvalue weighted by atomic mass is 9.93. The van der Waals surface area contributed by atoms with E-state index in [1.165, 1.54) is 12.1 Å². The molecule has 3 nitrogen and oxygen atoms in total. The Hall–Kier alpha value is -2.35. The van der Waals surface area contributed by atoms with Crippen LogP contribution >= 0.6 is 11.6 Å². The van der Waals surface area contributed by atoms with Crippen molar-refractivity contribution in [2.75, 3.05) is 0 Å². The van der Waals surface area contributed by atoms with Crippen LogP contribution in [-0.4, -0.2) is 22.3 Å². The Labute approximate surface area is 132 Å². The number of hydrogen-bond donors (Lipinski definition) is 2. The van der Waals surface area contributed by atoms with Crippen LogP contribution in [0.4, 0.5) is 4.39 Å². The molecule has 5 heteroatoms. The second-order valence-electron chi connectivity index (χ2n) is 4.59. The first-order valence-corrected chi connectivity index (χ1v) is 6.78. The average molecular weight is 319 g/mol. The van der Waals surface area contributed by atoms with Gasteiger partial charge in [0.15, 0.2) is 0 Å². The topological polar surface area (TPSA) is 57.5 Å². The van der Waals surface area contributed by atoms with Gasteiger partial charge in [0.1, 0.15) is 17.8 Å². The predicted octanol–water partition coefficient (Wildman–Crippen LogP) is 3.06. The maximum absolute atomic E-state index is 12.9. The number of carboxylic acids is 1. The van der Waals surface area contributed by atoms with E-state index in [2.05, 4.69) is 11.8 Å². The fraction of sp³-hybridized carbons (Fsp3) is 0.118. The van der Waals surface area contributed by atoms with Crippen LogP contribution in [0.5, 0.6) is 0 Å². The van der Waals surface area contributed by atoms with Gasteiger partial charge in [0.25, 0.3) is 0 Å².